The number of fused-ring (bicyclic) bond motifs is 1. The van der Waals surface area contributed by atoms with Gasteiger partial charge in [-0.05, 0) is 48.5 Å². The van der Waals surface area contributed by atoms with Crippen molar-refractivity contribution in [1.29, 1.82) is 0 Å². The van der Waals surface area contributed by atoms with Crippen molar-refractivity contribution in [3.05, 3.63) is 52.7 Å². The molecule has 0 aromatic carbocycles. The van der Waals surface area contributed by atoms with Crippen molar-refractivity contribution < 1.29 is 0 Å². The van der Waals surface area contributed by atoms with Gasteiger partial charge in [-0.2, -0.15) is 0 Å². The van der Waals surface area contributed by atoms with Gasteiger partial charge in [0.15, 0.2) is 10.4 Å². The lowest BCUT2D eigenvalue weighted by atomic mass is 10.1. The normalized spacial score (nSPS) is 10.9. The molecular formula is C13H12N4S. The summed E-state index contributed by atoms with van der Waals surface area (Å²) < 4.78 is 2.70. The van der Waals surface area contributed by atoms with E-state index in [-0.39, 0.29) is 0 Å². The number of aryl methyl sites for hydroxylation is 1. The quantitative estimate of drug-likeness (QED) is 0.717. The van der Waals surface area contributed by atoms with E-state index in [2.05, 4.69) is 15.0 Å². The molecule has 0 bridgehead atoms. The van der Waals surface area contributed by atoms with Crippen LogP contribution in [-0.2, 0) is 6.54 Å². The van der Waals surface area contributed by atoms with Crippen molar-refractivity contribution >= 4 is 23.4 Å². The van der Waals surface area contributed by atoms with Gasteiger partial charge in [-0.25, -0.2) is 4.98 Å². The molecule has 0 atom stereocenters. The largest absolute Gasteiger partial charge is 0.329 e. The van der Waals surface area contributed by atoms with Gasteiger partial charge in [0.1, 0.15) is 0 Å². The maximum Gasteiger partial charge on any atom is 0.179 e. The summed E-state index contributed by atoms with van der Waals surface area (Å²) in [5, 5.41) is 0. The molecule has 0 fully saturated rings. The highest BCUT2D eigenvalue weighted by Crippen LogP contribution is 2.14. The van der Waals surface area contributed by atoms with Gasteiger partial charge < -0.3 is 4.98 Å². The highest BCUT2D eigenvalue weighted by atomic mass is 32.1. The molecule has 18 heavy (non-hydrogen) atoms. The van der Waals surface area contributed by atoms with Crippen molar-refractivity contribution in [3.63, 3.8) is 0 Å². The number of nitrogens with zero attached hydrogens (tertiary/aromatic N) is 3. The molecule has 0 saturated carbocycles. The molecule has 0 unspecified atom stereocenters. The van der Waals surface area contributed by atoms with Crippen LogP contribution in [0.5, 0.6) is 0 Å². The molecule has 3 heterocycles. The summed E-state index contributed by atoms with van der Waals surface area (Å²) in [5.74, 6) is 0. The first-order valence-corrected chi connectivity index (χ1v) is 6.09. The fourth-order valence-electron chi connectivity index (χ4n) is 1.99. The first-order valence-electron chi connectivity index (χ1n) is 5.69. The van der Waals surface area contributed by atoms with Gasteiger partial charge in [-0.3, -0.25) is 9.55 Å². The molecule has 0 radical (unpaired) electrons. The number of rotatable bonds is 2. The van der Waals surface area contributed by atoms with Gasteiger partial charge in [-0.15, -0.1) is 0 Å². The minimum atomic E-state index is 0.694. The van der Waals surface area contributed by atoms with E-state index in [0.29, 0.717) is 11.3 Å². The van der Waals surface area contributed by atoms with E-state index in [1.807, 2.05) is 35.9 Å². The molecule has 3 aromatic heterocycles. The van der Waals surface area contributed by atoms with Crippen LogP contribution in [0.4, 0.5) is 0 Å². The predicted molar refractivity (Wildman–Crippen MR) is 73.0 cm³/mol. The van der Waals surface area contributed by atoms with Crippen molar-refractivity contribution in [1.82, 2.24) is 19.5 Å². The Morgan fingerprint density at radius 1 is 1.33 bits per heavy atom. The standard InChI is InChI=1S/C13H12N4S/c1-9-7-14-6-4-10(9)8-17-12-11(16-13(17)18)3-2-5-15-12/h2-7H,8H2,1H3,(H,16,18). The molecule has 5 heteroatoms. The Kier molecular flexibility index (Phi) is 2.68. The monoisotopic (exact) mass is 256 g/mol. The maximum atomic E-state index is 5.35. The molecule has 1 N–H and O–H groups in total. The van der Waals surface area contributed by atoms with Crippen molar-refractivity contribution in [2.45, 2.75) is 13.5 Å². The van der Waals surface area contributed by atoms with Crippen LogP contribution in [0.1, 0.15) is 11.1 Å². The average Bonchev–Trinajstić information content (AvgIpc) is 2.69. The van der Waals surface area contributed by atoms with Crippen LogP contribution in [-0.4, -0.2) is 19.5 Å². The van der Waals surface area contributed by atoms with Gasteiger partial charge in [0.25, 0.3) is 0 Å². The third-order valence-electron chi connectivity index (χ3n) is 2.99. The Labute approximate surface area is 109 Å². The number of aromatic nitrogens is 4. The lowest BCUT2D eigenvalue weighted by Crippen LogP contribution is -2.02. The fourth-order valence-corrected chi connectivity index (χ4v) is 2.25. The third-order valence-corrected chi connectivity index (χ3v) is 3.32. The second-order valence-corrected chi connectivity index (χ2v) is 4.58. The highest BCUT2D eigenvalue weighted by molar-refractivity contribution is 7.71. The Balaban J connectivity index is 2.13. The number of imidazole rings is 1. The van der Waals surface area contributed by atoms with Crippen LogP contribution >= 0.6 is 12.2 Å². The number of pyridine rings is 2. The van der Waals surface area contributed by atoms with E-state index in [9.17, 15) is 0 Å². The molecule has 4 nitrogen and oxygen atoms in total. The minimum Gasteiger partial charge on any atom is -0.329 e. The number of aromatic amines is 1. The molecule has 0 saturated heterocycles. The second-order valence-electron chi connectivity index (χ2n) is 4.19. The number of hydrogen-bond acceptors (Lipinski definition) is 3. The number of nitrogens with one attached hydrogen (secondary N) is 1. The SMILES string of the molecule is Cc1cnccc1Cn1c(=S)[nH]c2cccnc21. The molecule has 0 aliphatic heterocycles. The predicted octanol–water partition coefficient (Wildman–Crippen LogP) is 2.85. The molecule has 3 rings (SSSR count). The fraction of sp³-hybridized carbons (Fsp3) is 0.154. The smallest absolute Gasteiger partial charge is 0.179 e. The summed E-state index contributed by atoms with van der Waals surface area (Å²) in [7, 11) is 0. The number of hydrogen-bond donors (Lipinski definition) is 1. The Morgan fingerprint density at radius 2 is 2.22 bits per heavy atom. The molecule has 0 aliphatic rings. The van der Waals surface area contributed by atoms with Gasteiger partial charge in [-0.1, -0.05) is 0 Å². The zero-order valence-electron chi connectivity index (χ0n) is 9.92. The van der Waals surface area contributed by atoms with Crippen LogP contribution in [0.3, 0.4) is 0 Å². The highest BCUT2D eigenvalue weighted by Gasteiger charge is 2.06. The maximum absolute atomic E-state index is 5.35. The summed E-state index contributed by atoms with van der Waals surface area (Å²) >= 11 is 5.35. The van der Waals surface area contributed by atoms with Crippen molar-refractivity contribution in [3.8, 4) is 0 Å². The van der Waals surface area contributed by atoms with E-state index in [4.69, 9.17) is 12.2 Å². The Morgan fingerprint density at radius 3 is 3.06 bits per heavy atom. The minimum absolute atomic E-state index is 0.694. The van der Waals surface area contributed by atoms with Gasteiger partial charge in [0.05, 0.1) is 12.1 Å². The van der Waals surface area contributed by atoms with Crippen LogP contribution in [0, 0.1) is 11.7 Å². The van der Waals surface area contributed by atoms with Crippen LogP contribution in [0.25, 0.3) is 11.2 Å². The Hall–Kier alpha value is -2.01. The summed E-state index contributed by atoms with van der Waals surface area (Å²) in [6.07, 6.45) is 5.44. The molecular weight excluding hydrogens is 244 g/mol. The van der Waals surface area contributed by atoms with Gasteiger partial charge in [0, 0.05) is 18.6 Å². The Bertz CT molecular complexity index is 757. The zero-order chi connectivity index (χ0) is 12.5. The molecule has 3 aromatic rings. The first kappa shape index (κ1) is 11.1. The van der Waals surface area contributed by atoms with Crippen LogP contribution < -0.4 is 0 Å². The summed E-state index contributed by atoms with van der Waals surface area (Å²) in [6.45, 7) is 2.76. The number of H-pyrrole nitrogens is 1. The second kappa shape index (κ2) is 4.34. The third kappa shape index (κ3) is 1.82. The molecule has 0 spiro atoms. The average molecular weight is 256 g/mol. The molecule has 90 valence electrons. The molecule has 0 amide bonds. The van der Waals surface area contributed by atoms with E-state index in [1.165, 1.54) is 5.56 Å². The summed E-state index contributed by atoms with van der Waals surface area (Å²) in [5.41, 5.74) is 4.21. The topological polar surface area (TPSA) is 46.5 Å². The van der Waals surface area contributed by atoms with E-state index < -0.39 is 0 Å². The summed E-state index contributed by atoms with van der Waals surface area (Å²) in [4.78, 5) is 11.6. The van der Waals surface area contributed by atoms with E-state index >= 15 is 0 Å². The van der Waals surface area contributed by atoms with E-state index in [1.54, 1.807) is 12.4 Å². The lowest BCUT2D eigenvalue weighted by molar-refractivity contribution is 0.793. The lowest BCUT2D eigenvalue weighted by Gasteiger charge is -2.06. The van der Waals surface area contributed by atoms with Crippen LogP contribution in [0.2, 0.25) is 0 Å². The van der Waals surface area contributed by atoms with Crippen molar-refractivity contribution in [2.24, 2.45) is 0 Å². The van der Waals surface area contributed by atoms with Gasteiger partial charge in [0.2, 0.25) is 0 Å². The van der Waals surface area contributed by atoms with Crippen molar-refractivity contribution in [2.75, 3.05) is 0 Å². The van der Waals surface area contributed by atoms with Crippen LogP contribution in [0.15, 0.2) is 36.8 Å². The van der Waals surface area contributed by atoms with E-state index in [0.717, 1.165) is 16.7 Å². The zero-order valence-corrected chi connectivity index (χ0v) is 10.7. The summed E-state index contributed by atoms with van der Waals surface area (Å²) in [6, 6.07) is 5.89. The first-order chi connectivity index (χ1) is 8.75. The molecule has 0 aliphatic carbocycles. The van der Waals surface area contributed by atoms with Gasteiger partial charge >= 0.3 is 0 Å².